The molecule has 17 heteroatoms. The van der Waals surface area contributed by atoms with E-state index in [0.717, 1.165) is 0 Å². The van der Waals surface area contributed by atoms with Gasteiger partial charge in [0.25, 0.3) is 0 Å². The van der Waals surface area contributed by atoms with E-state index in [9.17, 15) is 52.0 Å². The largest absolute Gasteiger partial charge is 0.534 e. The third kappa shape index (κ3) is 4.30. The lowest BCUT2D eigenvalue weighted by Gasteiger charge is -2.16. The summed E-state index contributed by atoms with van der Waals surface area (Å²) >= 11 is 0. The Morgan fingerprint density at radius 2 is 1.40 bits per heavy atom. The summed E-state index contributed by atoms with van der Waals surface area (Å²) in [4.78, 5) is 0. The molecule has 0 heterocycles. The molecule has 2 rings (SSSR count). The van der Waals surface area contributed by atoms with Gasteiger partial charge in [-0.25, -0.2) is 4.39 Å². The Kier molecular flexibility index (Phi) is 4.72. The Balaban J connectivity index is 2.93. The zero-order valence-corrected chi connectivity index (χ0v) is 15.1. The van der Waals surface area contributed by atoms with Crippen molar-refractivity contribution in [2.24, 2.45) is 0 Å². The second-order valence-electron chi connectivity index (χ2n) is 5.09. The van der Waals surface area contributed by atoms with Gasteiger partial charge in [-0.1, -0.05) is 0 Å². The molecule has 0 amide bonds. The average Bonchev–Trinajstić information content (AvgIpc) is 2.54. The van der Waals surface area contributed by atoms with E-state index in [1.54, 1.807) is 0 Å². The average molecular weight is 493 g/mol. The van der Waals surface area contributed by atoms with E-state index in [1.807, 2.05) is 0 Å². The Labute approximate surface area is 166 Å². The Bertz CT molecular complexity index is 1300. The molecule has 2 aromatic carbocycles. The topological polar surface area (TPSA) is 96.0 Å². The molecule has 0 unspecified atom stereocenters. The van der Waals surface area contributed by atoms with Crippen LogP contribution in [-0.4, -0.2) is 34.9 Å². The first-order valence-electron chi connectivity index (χ1n) is 8.22. The highest BCUT2D eigenvalue weighted by Crippen LogP contribution is 2.42. The predicted molar refractivity (Wildman–Crippen MR) is 81.6 cm³/mol. The number of benzene rings is 2. The van der Waals surface area contributed by atoms with Crippen LogP contribution in [0.1, 0.15) is 4.11 Å². The zero-order chi connectivity index (χ0) is 25.8. The summed E-state index contributed by atoms with van der Waals surface area (Å²) in [5.41, 5.74) is -12.2. The van der Waals surface area contributed by atoms with E-state index in [0.29, 0.717) is 0 Å². The number of hydrogen-bond acceptors (Lipinski definition) is 7. The first kappa shape index (κ1) is 19.4. The van der Waals surface area contributed by atoms with Crippen LogP contribution >= 0.6 is 0 Å². The molecule has 30 heavy (non-hydrogen) atoms. The number of halogens is 8. The highest BCUT2D eigenvalue weighted by atomic mass is 32.2. The standard InChI is InChI=1S/C13H6F8O7S2/c1-26-11-9-5(3-7(14)10(11)15)2-6(27-29(22,23)12(16,17)18)4-8(9)28-30(24,25)13(19,20)21/h2-4H,1H3/i1D3. The Morgan fingerprint density at radius 1 is 0.867 bits per heavy atom. The Morgan fingerprint density at radius 3 is 1.90 bits per heavy atom. The maximum atomic E-state index is 14.2. The van der Waals surface area contributed by atoms with E-state index < -0.39 is 77.9 Å². The van der Waals surface area contributed by atoms with Crippen molar-refractivity contribution in [1.29, 1.82) is 0 Å². The molecule has 0 radical (unpaired) electrons. The highest BCUT2D eigenvalue weighted by molar-refractivity contribution is 7.88. The number of ether oxygens (including phenoxy) is 1. The van der Waals surface area contributed by atoms with E-state index in [-0.39, 0.29) is 18.2 Å². The SMILES string of the molecule is [2H]C([2H])([2H])Oc1c(F)c(F)cc2cc(OS(=O)(=O)C(F)(F)F)cc(OS(=O)(=O)C(F)(F)F)c12. The lowest BCUT2D eigenvalue weighted by atomic mass is 10.1. The normalized spacial score (nSPS) is 15.3. The van der Waals surface area contributed by atoms with Crippen LogP contribution in [0.5, 0.6) is 17.2 Å². The molecule has 0 aliphatic rings. The van der Waals surface area contributed by atoms with Crippen LogP contribution in [0.4, 0.5) is 35.1 Å². The lowest BCUT2D eigenvalue weighted by Crippen LogP contribution is -2.29. The van der Waals surface area contributed by atoms with Crippen LogP contribution < -0.4 is 13.1 Å². The zero-order valence-electron chi connectivity index (χ0n) is 16.4. The molecule has 0 bridgehead atoms. The Hall–Kier alpha value is -2.56. The van der Waals surface area contributed by atoms with E-state index >= 15 is 0 Å². The van der Waals surface area contributed by atoms with Crippen LogP contribution in [0.15, 0.2) is 18.2 Å². The molecule has 0 aliphatic heterocycles. The number of rotatable bonds is 5. The summed E-state index contributed by atoms with van der Waals surface area (Å²) in [6.45, 7) is 0. The van der Waals surface area contributed by atoms with Gasteiger partial charge in [0, 0.05) is 6.07 Å². The summed E-state index contributed by atoms with van der Waals surface area (Å²) < 4.78 is 181. The third-order valence-electron chi connectivity index (χ3n) is 3.10. The molecule has 0 fully saturated rings. The molecule has 0 atom stereocenters. The maximum absolute atomic E-state index is 14.2. The van der Waals surface area contributed by atoms with Crippen LogP contribution in [0.3, 0.4) is 0 Å². The van der Waals surface area contributed by atoms with Gasteiger partial charge in [-0.15, -0.1) is 0 Å². The van der Waals surface area contributed by atoms with Crippen molar-refractivity contribution >= 4 is 31.0 Å². The van der Waals surface area contributed by atoms with Crippen LogP contribution in [0.25, 0.3) is 10.8 Å². The number of hydrogen-bond donors (Lipinski definition) is 0. The fraction of sp³-hybridized carbons (Fsp3) is 0.231. The number of alkyl halides is 6. The van der Waals surface area contributed by atoms with Crippen molar-refractivity contribution in [1.82, 2.24) is 0 Å². The van der Waals surface area contributed by atoms with Gasteiger partial charge in [-0.05, 0) is 17.5 Å². The molecule has 0 aromatic heterocycles. The van der Waals surface area contributed by atoms with Crippen LogP contribution in [-0.2, 0) is 20.2 Å². The molecule has 0 saturated heterocycles. The van der Waals surface area contributed by atoms with Gasteiger partial charge in [0.1, 0.15) is 5.75 Å². The van der Waals surface area contributed by atoms with Gasteiger partial charge >= 0.3 is 31.3 Å². The molecular weight excluding hydrogens is 484 g/mol. The minimum absolute atomic E-state index is 0.0389. The van der Waals surface area contributed by atoms with Crippen molar-refractivity contribution in [3.05, 3.63) is 29.8 Å². The third-order valence-corrected chi connectivity index (χ3v) is 5.04. The quantitative estimate of drug-likeness (QED) is 0.357. The van der Waals surface area contributed by atoms with Crippen molar-refractivity contribution < 1.29 is 69.2 Å². The van der Waals surface area contributed by atoms with Crippen molar-refractivity contribution in [2.45, 2.75) is 11.0 Å². The van der Waals surface area contributed by atoms with Gasteiger partial charge < -0.3 is 13.1 Å². The highest BCUT2D eigenvalue weighted by Gasteiger charge is 2.50. The van der Waals surface area contributed by atoms with E-state index in [2.05, 4.69) is 13.1 Å². The lowest BCUT2D eigenvalue weighted by molar-refractivity contribution is -0.0502. The first-order chi connectivity index (χ1) is 14.6. The smallest absolute Gasteiger partial charge is 0.493 e. The molecule has 0 aliphatic carbocycles. The molecule has 0 spiro atoms. The molecular formula is C13H6F8O7S2. The van der Waals surface area contributed by atoms with E-state index in [1.165, 1.54) is 0 Å². The predicted octanol–water partition coefficient (Wildman–Crippen LogP) is 3.58. The van der Waals surface area contributed by atoms with Crippen molar-refractivity contribution in [2.75, 3.05) is 7.04 Å². The summed E-state index contributed by atoms with van der Waals surface area (Å²) in [6, 6.07) is 0.0381. The second kappa shape index (κ2) is 7.29. The summed E-state index contributed by atoms with van der Waals surface area (Å²) in [7, 11) is -16.7. The van der Waals surface area contributed by atoms with Gasteiger partial charge in [-0.2, -0.15) is 47.6 Å². The fourth-order valence-electron chi connectivity index (χ4n) is 1.93. The molecule has 7 nitrogen and oxygen atoms in total. The van der Waals surface area contributed by atoms with Gasteiger partial charge in [0.15, 0.2) is 17.3 Å². The van der Waals surface area contributed by atoms with Gasteiger partial charge in [0.2, 0.25) is 5.82 Å². The summed E-state index contributed by atoms with van der Waals surface area (Å²) in [5, 5.41) is -2.38. The number of fused-ring (bicyclic) bond motifs is 1. The van der Waals surface area contributed by atoms with Crippen LogP contribution in [0, 0.1) is 11.6 Å². The van der Waals surface area contributed by atoms with Gasteiger partial charge in [0.05, 0.1) is 16.5 Å². The van der Waals surface area contributed by atoms with Crippen molar-refractivity contribution in [3.63, 3.8) is 0 Å². The van der Waals surface area contributed by atoms with Gasteiger partial charge in [-0.3, -0.25) is 0 Å². The monoisotopic (exact) mass is 493 g/mol. The second-order valence-corrected chi connectivity index (χ2v) is 8.17. The maximum Gasteiger partial charge on any atom is 0.534 e. The van der Waals surface area contributed by atoms with Crippen LogP contribution in [0.2, 0.25) is 0 Å². The molecule has 168 valence electrons. The summed E-state index contributed by atoms with van der Waals surface area (Å²) in [5.74, 6) is -9.21. The minimum Gasteiger partial charge on any atom is -0.493 e. The number of methoxy groups -OCH3 is 1. The summed E-state index contributed by atoms with van der Waals surface area (Å²) in [6.07, 6.45) is 0. The first-order valence-corrected chi connectivity index (χ1v) is 9.54. The minimum atomic E-state index is -6.65. The van der Waals surface area contributed by atoms with E-state index in [4.69, 9.17) is 4.11 Å². The molecule has 0 N–H and O–H groups in total. The molecule has 2 aromatic rings. The van der Waals surface area contributed by atoms with Crippen molar-refractivity contribution in [3.8, 4) is 17.2 Å². The molecule has 0 saturated carbocycles. The fourth-order valence-corrected chi connectivity index (χ4v) is 2.84.